The van der Waals surface area contributed by atoms with Crippen LogP contribution in [0.1, 0.15) is 30.1 Å². The number of carbonyl (C=O) groups is 2. The van der Waals surface area contributed by atoms with Crippen molar-refractivity contribution in [2.75, 3.05) is 0 Å². The molecule has 17 heavy (non-hydrogen) atoms. The standard InChI is InChI=1S/C12H12ClFO3/c1-7(5-12(16)17)4-11(15)8-2-3-9(13)10(14)6-8/h2-3,6-7H,4-5H2,1H3,(H,16,17). The Hall–Kier alpha value is -1.42. The molecule has 0 bridgehead atoms. The largest absolute Gasteiger partial charge is 0.481 e. The summed E-state index contributed by atoms with van der Waals surface area (Å²) in [4.78, 5) is 22.1. The minimum atomic E-state index is -0.951. The third kappa shape index (κ3) is 4.15. The van der Waals surface area contributed by atoms with E-state index in [0.717, 1.165) is 6.07 Å². The fourth-order valence-corrected chi connectivity index (χ4v) is 1.59. The summed E-state index contributed by atoms with van der Waals surface area (Å²) in [5, 5.41) is 8.52. The summed E-state index contributed by atoms with van der Waals surface area (Å²) in [6, 6.07) is 3.81. The van der Waals surface area contributed by atoms with Crippen LogP contribution in [0.25, 0.3) is 0 Å². The molecule has 0 aromatic heterocycles. The van der Waals surface area contributed by atoms with Crippen molar-refractivity contribution in [2.24, 2.45) is 5.92 Å². The van der Waals surface area contributed by atoms with E-state index in [-0.39, 0.29) is 35.1 Å². The van der Waals surface area contributed by atoms with Crippen molar-refractivity contribution >= 4 is 23.4 Å². The van der Waals surface area contributed by atoms with Gasteiger partial charge in [-0.3, -0.25) is 9.59 Å². The lowest BCUT2D eigenvalue weighted by Crippen LogP contribution is -2.10. The molecule has 0 spiro atoms. The zero-order valence-corrected chi connectivity index (χ0v) is 10.00. The summed E-state index contributed by atoms with van der Waals surface area (Å²) < 4.78 is 13.1. The molecule has 1 aromatic rings. The van der Waals surface area contributed by atoms with E-state index in [9.17, 15) is 14.0 Å². The zero-order chi connectivity index (χ0) is 13.0. The van der Waals surface area contributed by atoms with Crippen LogP contribution in [-0.2, 0) is 4.79 Å². The van der Waals surface area contributed by atoms with Crippen LogP contribution in [0.3, 0.4) is 0 Å². The summed E-state index contributed by atoms with van der Waals surface area (Å²) in [5.41, 5.74) is 0.212. The highest BCUT2D eigenvalue weighted by molar-refractivity contribution is 6.30. The Balaban J connectivity index is 2.70. The van der Waals surface area contributed by atoms with E-state index in [1.54, 1.807) is 6.92 Å². The van der Waals surface area contributed by atoms with E-state index in [0.29, 0.717) is 0 Å². The maximum Gasteiger partial charge on any atom is 0.303 e. The molecule has 0 fully saturated rings. The molecule has 0 heterocycles. The zero-order valence-electron chi connectivity index (χ0n) is 9.24. The van der Waals surface area contributed by atoms with Gasteiger partial charge < -0.3 is 5.11 Å². The van der Waals surface area contributed by atoms with Crippen LogP contribution in [0.4, 0.5) is 4.39 Å². The molecule has 92 valence electrons. The second-order valence-corrected chi connectivity index (χ2v) is 4.37. The first-order chi connectivity index (χ1) is 7.90. The predicted molar refractivity (Wildman–Crippen MR) is 61.8 cm³/mol. The fourth-order valence-electron chi connectivity index (χ4n) is 1.47. The van der Waals surface area contributed by atoms with Gasteiger partial charge in [-0.2, -0.15) is 0 Å². The molecule has 0 amide bonds. The van der Waals surface area contributed by atoms with Gasteiger partial charge in [0.2, 0.25) is 0 Å². The van der Waals surface area contributed by atoms with Gasteiger partial charge in [0.1, 0.15) is 5.82 Å². The number of halogens is 2. The summed E-state index contributed by atoms with van der Waals surface area (Å²) in [6.45, 7) is 1.66. The number of hydrogen-bond acceptors (Lipinski definition) is 2. The number of carbonyl (C=O) groups excluding carboxylic acids is 1. The Morgan fingerprint density at radius 2 is 2.06 bits per heavy atom. The van der Waals surface area contributed by atoms with Gasteiger partial charge in [0.25, 0.3) is 0 Å². The molecule has 0 radical (unpaired) electrons. The molecular formula is C12H12ClFO3. The van der Waals surface area contributed by atoms with Gasteiger partial charge in [0, 0.05) is 18.4 Å². The molecule has 0 saturated heterocycles. The number of rotatable bonds is 5. The van der Waals surface area contributed by atoms with Crippen molar-refractivity contribution in [3.8, 4) is 0 Å². The number of aliphatic carboxylic acids is 1. The van der Waals surface area contributed by atoms with Crippen LogP contribution in [0.15, 0.2) is 18.2 Å². The number of carboxylic acids is 1. The molecule has 1 rings (SSSR count). The maximum atomic E-state index is 13.1. The van der Waals surface area contributed by atoms with E-state index >= 15 is 0 Å². The topological polar surface area (TPSA) is 54.4 Å². The molecule has 1 N–H and O–H groups in total. The molecule has 1 unspecified atom stereocenters. The quantitative estimate of drug-likeness (QED) is 0.826. The Kier molecular flexibility index (Phi) is 4.63. The van der Waals surface area contributed by atoms with Crippen LogP contribution in [0.2, 0.25) is 5.02 Å². The highest BCUT2D eigenvalue weighted by Gasteiger charge is 2.15. The fraction of sp³-hybridized carbons (Fsp3) is 0.333. The Labute approximate surface area is 103 Å². The van der Waals surface area contributed by atoms with Gasteiger partial charge in [0.15, 0.2) is 5.78 Å². The average Bonchev–Trinajstić information content (AvgIpc) is 2.20. The van der Waals surface area contributed by atoms with Crippen LogP contribution in [-0.4, -0.2) is 16.9 Å². The van der Waals surface area contributed by atoms with Crippen molar-refractivity contribution < 1.29 is 19.1 Å². The summed E-state index contributed by atoms with van der Waals surface area (Å²) in [5.74, 6) is -2.16. The number of carboxylic acid groups (broad SMARTS) is 1. The summed E-state index contributed by atoms with van der Waals surface area (Å²) in [7, 11) is 0. The molecule has 1 aromatic carbocycles. The second kappa shape index (κ2) is 5.77. The van der Waals surface area contributed by atoms with Gasteiger partial charge >= 0.3 is 5.97 Å². The summed E-state index contributed by atoms with van der Waals surface area (Å²) >= 11 is 5.50. The van der Waals surface area contributed by atoms with Crippen LogP contribution in [0.5, 0.6) is 0 Å². The predicted octanol–water partition coefficient (Wildman–Crippen LogP) is 3.16. The van der Waals surface area contributed by atoms with Crippen molar-refractivity contribution in [3.05, 3.63) is 34.6 Å². The van der Waals surface area contributed by atoms with Crippen LogP contribution in [0, 0.1) is 11.7 Å². The number of Topliss-reactive ketones (excluding diaryl/α,β-unsaturated/α-hetero) is 1. The molecule has 0 saturated carbocycles. The SMILES string of the molecule is CC(CC(=O)O)CC(=O)c1ccc(Cl)c(F)c1. The first-order valence-corrected chi connectivity index (χ1v) is 5.48. The van der Waals surface area contributed by atoms with Gasteiger partial charge in [0.05, 0.1) is 5.02 Å². The van der Waals surface area contributed by atoms with E-state index in [1.807, 2.05) is 0 Å². The smallest absolute Gasteiger partial charge is 0.303 e. The highest BCUT2D eigenvalue weighted by atomic mass is 35.5. The van der Waals surface area contributed by atoms with E-state index in [2.05, 4.69) is 0 Å². The maximum absolute atomic E-state index is 13.1. The van der Waals surface area contributed by atoms with Crippen LogP contribution < -0.4 is 0 Å². The lowest BCUT2D eigenvalue weighted by atomic mass is 9.97. The lowest BCUT2D eigenvalue weighted by molar-refractivity contribution is -0.137. The van der Waals surface area contributed by atoms with Crippen molar-refractivity contribution in [2.45, 2.75) is 19.8 Å². The lowest BCUT2D eigenvalue weighted by Gasteiger charge is -2.07. The molecule has 3 nitrogen and oxygen atoms in total. The van der Waals surface area contributed by atoms with E-state index in [4.69, 9.17) is 16.7 Å². The molecule has 0 aliphatic heterocycles. The number of benzene rings is 1. The Bertz CT molecular complexity index is 445. The molecule has 1 atom stereocenters. The molecular weight excluding hydrogens is 247 g/mol. The normalized spacial score (nSPS) is 12.2. The molecule has 0 aliphatic carbocycles. The first kappa shape index (κ1) is 13.6. The third-order valence-electron chi connectivity index (χ3n) is 2.30. The van der Waals surface area contributed by atoms with Crippen molar-refractivity contribution in [1.82, 2.24) is 0 Å². The minimum absolute atomic E-state index is 0.0415. The van der Waals surface area contributed by atoms with Crippen molar-refractivity contribution in [3.63, 3.8) is 0 Å². The second-order valence-electron chi connectivity index (χ2n) is 3.96. The highest BCUT2D eigenvalue weighted by Crippen LogP contribution is 2.18. The Morgan fingerprint density at radius 1 is 1.41 bits per heavy atom. The van der Waals surface area contributed by atoms with Crippen molar-refractivity contribution in [1.29, 1.82) is 0 Å². The molecule has 5 heteroatoms. The first-order valence-electron chi connectivity index (χ1n) is 5.10. The number of ketones is 1. The number of hydrogen-bond donors (Lipinski definition) is 1. The molecule has 0 aliphatic rings. The summed E-state index contributed by atoms with van der Waals surface area (Å²) in [6.07, 6.45) is -0.00478. The average molecular weight is 259 g/mol. The van der Waals surface area contributed by atoms with E-state index < -0.39 is 11.8 Å². The van der Waals surface area contributed by atoms with Gasteiger partial charge in [-0.25, -0.2) is 4.39 Å². The third-order valence-corrected chi connectivity index (χ3v) is 2.61. The van der Waals surface area contributed by atoms with Gasteiger partial charge in [-0.05, 0) is 24.1 Å². The van der Waals surface area contributed by atoms with Gasteiger partial charge in [-0.1, -0.05) is 18.5 Å². The monoisotopic (exact) mass is 258 g/mol. The minimum Gasteiger partial charge on any atom is -0.481 e. The van der Waals surface area contributed by atoms with Crippen LogP contribution >= 0.6 is 11.6 Å². The Morgan fingerprint density at radius 3 is 2.59 bits per heavy atom. The van der Waals surface area contributed by atoms with Gasteiger partial charge in [-0.15, -0.1) is 0 Å². The van der Waals surface area contributed by atoms with E-state index in [1.165, 1.54) is 12.1 Å².